The van der Waals surface area contributed by atoms with E-state index < -0.39 is 12.2 Å². The van der Waals surface area contributed by atoms with Gasteiger partial charge in [0.25, 0.3) is 0 Å². The number of hydrogen-bond donors (Lipinski definition) is 2. The lowest BCUT2D eigenvalue weighted by Crippen LogP contribution is -2.55. The molecular weight excluding hydrogens is 520 g/mol. The van der Waals surface area contributed by atoms with Gasteiger partial charge in [0, 0.05) is 26.4 Å². The summed E-state index contributed by atoms with van der Waals surface area (Å²) >= 11 is 0. The summed E-state index contributed by atoms with van der Waals surface area (Å²) in [6.07, 6.45) is 9.26. The van der Waals surface area contributed by atoms with Gasteiger partial charge in [-0.05, 0) is 104 Å². The lowest BCUT2D eigenvalue weighted by molar-refractivity contribution is -0.134. The largest absolute Gasteiger partial charge is 0.459 e. The molecule has 1 aromatic carbocycles. The number of alkyl carbamates (subject to hydrolysis) is 2. The molecule has 5 rings (SSSR count). The molecule has 1 aromatic rings. The summed E-state index contributed by atoms with van der Waals surface area (Å²) in [4.78, 5) is 36.7. The van der Waals surface area contributed by atoms with Gasteiger partial charge in [-0.2, -0.15) is 0 Å². The summed E-state index contributed by atoms with van der Waals surface area (Å²) in [5, 5.41) is 5.09. The monoisotopic (exact) mass is 568 g/mol. The molecule has 0 aliphatic heterocycles. The van der Waals surface area contributed by atoms with Gasteiger partial charge in [0.1, 0.15) is 12.2 Å². The van der Waals surface area contributed by atoms with Crippen molar-refractivity contribution in [1.29, 1.82) is 0 Å². The molecule has 4 saturated carbocycles. The van der Waals surface area contributed by atoms with Crippen LogP contribution in [0.4, 0.5) is 9.59 Å². The number of fused-ring (bicyclic) bond motifs is 5. The van der Waals surface area contributed by atoms with Crippen molar-refractivity contribution in [3.05, 3.63) is 35.9 Å². The fourth-order valence-electron chi connectivity index (χ4n) is 9.65. The fourth-order valence-corrected chi connectivity index (χ4v) is 9.65. The second-order valence-corrected chi connectivity index (χ2v) is 13.4. The molecule has 8 heteroatoms. The van der Waals surface area contributed by atoms with E-state index in [0.29, 0.717) is 35.7 Å². The van der Waals surface area contributed by atoms with Crippen LogP contribution in [-0.4, -0.2) is 51.1 Å². The highest BCUT2D eigenvalue weighted by molar-refractivity contribution is 5.89. The summed E-state index contributed by atoms with van der Waals surface area (Å²) < 4.78 is 17.2. The molecule has 2 N–H and O–H groups in total. The quantitative estimate of drug-likeness (QED) is 0.294. The molecule has 4 aliphatic rings. The molecule has 4 aliphatic carbocycles. The lowest BCUT2D eigenvalue weighted by atomic mass is 9.44. The summed E-state index contributed by atoms with van der Waals surface area (Å²) in [6, 6.07) is 9.33. The molecule has 9 atom stereocenters. The average Bonchev–Trinajstić information content (AvgIpc) is 3.34. The molecule has 41 heavy (non-hydrogen) atoms. The summed E-state index contributed by atoms with van der Waals surface area (Å²) in [5.41, 5.74) is 1.00. The molecular formula is C33H48N2O6. The first-order valence-corrected chi connectivity index (χ1v) is 15.7. The number of carbonyl (C=O) groups excluding carboxylic acids is 3. The number of amides is 2. The van der Waals surface area contributed by atoms with Crippen molar-refractivity contribution in [2.24, 2.45) is 40.4 Å². The number of benzene rings is 1. The van der Waals surface area contributed by atoms with E-state index in [2.05, 4.69) is 24.5 Å². The van der Waals surface area contributed by atoms with Crippen molar-refractivity contribution in [3.63, 3.8) is 0 Å². The van der Waals surface area contributed by atoms with Crippen LogP contribution in [0, 0.1) is 40.4 Å². The van der Waals surface area contributed by atoms with E-state index in [-0.39, 0.29) is 41.5 Å². The lowest BCUT2D eigenvalue weighted by Gasteiger charge is -2.61. The van der Waals surface area contributed by atoms with Crippen LogP contribution in [0.5, 0.6) is 0 Å². The normalized spacial score (nSPS) is 36.5. The second-order valence-electron chi connectivity index (χ2n) is 13.4. The summed E-state index contributed by atoms with van der Waals surface area (Å²) in [5.74, 6) is 2.59. The zero-order valence-electron chi connectivity index (χ0n) is 25.2. The molecule has 0 saturated heterocycles. The van der Waals surface area contributed by atoms with Gasteiger partial charge in [-0.1, -0.05) is 32.0 Å². The van der Waals surface area contributed by atoms with Gasteiger partial charge in [0.05, 0.1) is 12.2 Å². The van der Waals surface area contributed by atoms with Crippen LogP contribution in [-0.2, 0) is 14.2 Å². The van der Waals surface area contributed by atoms with Crippen LogP contribution in [0.2, 0.25) is 0 Å². The zero-order valence-corrected chi connectivity index (χ0v) is 25.2. The van der Waals surface area contributed by atoms with Crippen molar-refractivity contribution in [1.82, 2.24) is 10.6 Å². The van der Waals surface area contributed by atoms with Gasteiger partial charge in [-0.3, -0.25) is 0 Å². The third kappa shape index (κ3) is 5.80. The first-order chi connectivity index (χ1) is 19.7. The van der Waals surface area contributed by atoms with Crippen molar-refractivity contribution in [2.45, 2.75) is 90.3 Å². The minimum absolute atomic E-state index is 0.00155. The maximum Gasteiger partial charge on any atom is 0.407 e. The Balaban J connectivity index is 1.25. The molecule has 0 bridgehead atoms. The fraction of sp³-hybridized carbons (Fsp3) is 0.727. The Bertz CT molecular complexity index is 1100. The van der Waals surface area contributed by atoms with Crippen LogP contribution in [0.15, 0.2) is 30.3 Å². The summed E-state index contributed by atoms with van der Waals surface area (Å²) in [6.45, 7) is 5.17. The molecule has 226 valence electrons. The number of esters is 1. The number of rotatable bonds is 7. The predicted molar refractivity (Wildman–Crippen MR) is 155 cm³/mol. The summed E-state index contributed by atoms with van der Waals surface area (Å²) in [7, 11) is 3.13. The Labute approximate surface area is 244 Å². The molecule has 2 amide bonds. The molecule has 0 unspecified atom stereocenters. The number of carbonyl (C=O) groups is 3. The highest BCUT2D eigenvalue weighted by Gasteiger charge is 2.61. The first kappa shape index (κ1) is 29.7. The van der Waals surface area contributed by atoms with Crippen LogP contribution in [0.25, 0.3) is 0 Å². The van der Waals surface area contributed by atoms with E-state index >= 15 is 0 Å². The third-order valence-corrected chi connectivity index (χ3v) is 11.7. The van der Waals surface area contributed by atoms with E-state index in [9.17, 15) is 14.4 Å². The van der Waals surface area contributed by atoms with Crippen molar-refractivity contribution >= 4 is 18.2 Å². The van der Waals surface area contributed by atoms with E-state index in [1.807, 2.05) is 30.3 Å². The first-order valence-electron chi connectivity index (χ1n) is 15.7. The molecule has 0 radical (unpaired) electrons. The highest BCUT2D eigenvalue weighted by Crippen LogP contribution is 2.68. The van der Waals surface area contributed by atoms with E-state index in [1.165, 1.54) is 19.3 Å². The SMILES string of the molecule is CNC(=O)OCC[C@@H](OC(=O)NC)[C@H]1CC[C@H]2[C@@H]3CC[C@H]4C[C@H](OC(=O)c5ccccc5)CC[C@]4(C)[C@H]3CC[C@]12C. The van der Waals surface area contributed by atoms with Gasteiger partial charge in [-0.25, -0.2) is 14.4 Å². The number of nitrogens with one attached hydrogen (secondary N) is 2. The van der Waals surface area contributed by atoms with Gasteiger partial charge in [0.15, 0.2) is 0 Å². The highest BCUT2D eigenvalue weighted by atomic mass is 16.6. The Hall–Kier alpha value is -2.77. The van der Waals surface area contributed by atoms with E-state index in [1.54, 1.807) is 14.1 Å². The maximum absolute atomic E-state index is 12.7. The molecule has 0 aromatic heterocycles. The maximum atomic E-state index is 12.7. The van der Waals surface area contributed by atoms with Gasteiger partial charge < -0.3 is 24.8 Å². The standard InChI is InChI=1S/C33H48N2O6/c1-32-17-14-23(40-29(36)21-8-6-5-7-9-21)20-22(32)10-11-24-25-12-13-27(33(25,2)18-15-26(24)32)28(41-31(38)35-4)16-19-39-30(37)34-3/h5-9,22-28H,10-20H2,1-4H3,(H,34,37)(H,35,38)/t22-,23+,24-,25-,26-,27+,28+,32-,33-/m0/s1. The van der Waals surface area contributed by atoms with Crippen LogP contribution < -0.4 is 10.6 Å². The Morgan fingerprint density at radius 1 is 0.878 bits per heavy atom. The Kier molecular flexibility index (Phi) is 8.86. The molecule has 8 nitrogen and oxygen atoms in total. The van der Waals surface area contributed by atoms with Crippen LogP contribution in [0.3, 0.4) is 0 Å². The van der Waals surface area contributed by atoms with Gasteiger partial charge in [-0.15, -0.1) is 0 Å². The molecule has 0 heterocycles. The topological polar surface area (TPSA) is 103 Å². The van der Waals surface area contributed by atoms with Crippen molar-refractivity contribution < 1.29 is 28.6 Å². The van der Waals surface area contributed by atoms with Crippen LogP contribution >= 0.6 is 0 Å². The molecule has 4 fully saturated rings. The van der Waals surface area contributed by atoms with Crippen molar-refractivity contribution in [2.75, 3.05) is 20.7 Å². The third-order valence-electron chi connectivity index (χ3n) is 11.7. The Morgan fingerprint density at radius 3 is 2.32 bits per heavy atom. The smallest absolute Gasteiger partial charge is 0.407 e. The van der Waals surface area contributed by atoms with Gasteiger partial charge in [0.2, 0.25) is 0 Å². The van der Waals surface area contributed by atoms with Gasteiger partial charge >= 0.3 is 18.2 Å². The molecule has 0 spiro atoms. The van der Waals surface area contributed by atoms with Crippen molar-refractivity contribution in [3.8, 4) is 0 Å². The zero-order chi connectivity index (χ0) is 29.2. The minimum Gasteiger partial charge on any atom is -0.459 e. The predicted octanol–water partition coefficient (Wildman–Crippen LogP) is 6.34. The second kappa shape index (κ2) is 12.2. The number of hydrogen-bond acceptors (Lipinski definition) is 6. The Morgan fingerprint density at radius 2 is 1.59 bits per heavy atom. The van der Waals surface area contributed by atoms with E-state index in [4.69, 9.17) is 14.2 Å². The van der Waals surface area contributed by atoms with E-state index in [0.717, 1.165) is 38.5 Å². The number of ether oxygens (including phenoxy) is 3. The average molecular weight is 569 g/mol. The minimum atomic E-state index is -0.464. The van der Waals surface area contributed by atoms with Crippen LogP contribution in [0.1, 0.15) is 88.4 Å².